The van der Waals surface area contributed by atoms with Gasteiger partial charge in [0.25, 0.3) is 0 Å². The molecule has 8 nitrogen and oxygen atoms in total. The van der Waals surface area contributed by atoms with E-state index < -0.39 is 24.0 Å². The van der Waals surface area contributed by atoms with Crippen molar-refractivity contribution in [2.75, 3.05) is 13.1 Å². The summed E-state index contributed by atoms with van der Waals surface area (Å²) < 4.78 is 5.20. The number of fused-ring (bicyclic) bond motifs is 1. The van der Waals surface area contributed by atoms with Crippen molar-refractivity contribution in [1.82, 2.24) is 15.3 Å². The summed E-state index contributed by atoms with van der Waals surface area (Å²) in [6.45, 7) is 0.954. The van der Waals surface area contributed by atoms with Crippen molar-refractivity contribution in [1.29, 1.82) is 5.26 Å². The lowest BCUT2D eigenvalue weighted by atomic mass is 9.76. The first-order valence-corrected chi connectivity index (χ1v) is 10.2. The number of allylic oxidation sites excluding steroid dienone is 1. The minimum Gasteiger partial charge on any atom is -0.443 e. The highest BCUT2D eigenvalue weighted by Crippen LogP contribution is 2.38. The minimum atomic E-state index is -0.707. The zero-order chi connectivity index (χ0) is 21.1. The van der Waals surface area contributed by atoms with Crippen LogP contribution in [0.1, 0.15) is 24.8 Å². The van der Waals surface area contributed by atoms with Crippen LogP contribution in [0.2, 0.25) is 0 Å². The van der Waals surface area contributed by atoms with E-state index >= 15 is 0 Å². The van der Waals surface area contributed by atoms with Crippen LogP contribution < -0.4 is 5.43 Å². The van der Waals surface area contributed by atoms with E-state index in [4.69, 9.17) is 4.74 Å². The Hall–Kier alpha value is -3.34. The number of ether oxygens (including phenoxy) is 1. The molecule has 2 heterocycles. The van der Waals surface area contributed by atoms with Gasteiger partial charge in [0, 0.05) is 19.0 Å². The van der Waals surface area contributed by atoms with Gasteiger partial charge in [0.05, 0.1) is 17.9 Å². The van der Waals surface area contributed by atoms with Gasteiger partial charge in [-0.15, -0.1) is 0 Å². The van der Waals surface area contributed by atoms with Crippen LogP contribution in [0, 0.1) is 29.1 Å². The number of rotatable bonds is 4. The second-order valence-corrected chi connectivity index (χ2v) is 7.90. The molecule has 3 aliphatic rings. The van der Waals surface area contributed by atoms with Crippen LogP contribution in [0.3, 0.4) is 0 Å². The van der Waals surface area contributed by atoms with Crippen LogP contribution in [0.25, 0.3) is 0 Å². The number of amides is 3. The summed E-state index contributed by atoms with van der Waals surface area (Å²) in [6, 6.07) is 11.0. The number of hydrazine groups is 1. The number of hydrogen-bond donors (Lipinski definition) is 1. The topological polar surface area (TPSA) is 103 Å². The third-order valence-electron chi connectivity index (χ3n) is 6.05. The Morgan fingerprint density at radius 2 is 2.07 bits per heavy atom. The Balaban J connectivity index is 1.39. The maximum Gasteiger partial charge on any atom is 0.426 e. The molecule has 156 valence electrons. The van der Waals surface area contributed by atoms with E-state index in [0.29, 0.717) is 25.9 Å². The van der Waals surface area contributed by atoms with E-state index in [1.807, 2.05) is 42.5 Å². The molecule has 1 aliphatic carbocycles. The highest BCUT2D eigenvalue weighted by molar-refractivity contribution is 5.91. The van der Waals surface area contributed by atoms with Crippen LogP contribution in [0.5, 0.6) is 0 Å². The van der Waals surface area contributed by atoms with Gasteiger partial charge in [-0.2, -0.15) is 5.26 Å². The summed E-state index contributed by atoms with van der Waals surface area (Å²) in [5, 5.41) is 10.6. The quantitative estimate of drug-likeness (QED) is 0.768. The molecule has 4 atom stereocenters. The molecule has 1 aromatic rings. The third-order valence-corrected chi connectivity index (χ3v) is 6.05. The molecule has 0 aromatic heterocycles. The van der Waals surface area contributed by atoms with Gasteiger partial charge in [-0.1, -0.05) is 42.5 Å². The first-order chi connectivity index (χ1) is 14.6. The number of likely N-dealkylation sites (tertiary alicyclic amines) is 1. The summed E-state index contributed by atoms with van der Waals surface area (Å²) in [5.41, 5.74) is 3.36. The molecule has 0 radical (unpaired) electrons. The highest BCUT2D eigenvalue weighted by Gasteiger charge is 2.50. The van der Waals surface area contributed by atoms with Crippen molar-refractivity contribution in [3.05, 3.63) is 48.0 Å². The van der Waals surface area contributed by atoms with Gasteiger partial charge in [0.15, 0.2) is 0 Å². The summed E-state index contributed by atoms with van der Waals surface area (Å²) in [7, 11) is 0. The molecule has 0 saturated carbocycles. The normalized spacial score (nSPS) is 27.5. The fraction of sp³-hybridized carbons (Fsp3) is 0.455. The summed E-state index contributed by atoms with van der Waals surface area (Å²) in [6.07, 6.45) is 5.10. The van der Waals surface area contributed by atoms with Crippen LogP contribution >= 0.6 is 0 Å². The van der Waals surface area contributed by atoms with E-state index in [-0.39, 0.29) is 24.3 Å². The Labute approximate surface area is 175 Å². The lowest BCUT2D eigenvalue weighted by molar-refractivity contribution is -0.144. The average molecular weight is 408 g/mol. The Morgan fingerprint density at radius 3 is 2.83 bits per heavy atom. The number of nitrogens with zero attached hydrogens (tertiary/aromatic N) is 3. The van der Waals surface area contributed by atoms with Crippen molar-refractivity contribution in [2.24, 2.45) is 17.8 Å². The summed E-state index contributed by atoms with van der Waals surface area (Å²) >= 11 is 0. The number of carbonyl (C=O) groups is 3. The molecule has 1 N–H and O–H groups in total. The summed E-state index contributed by atoms with van der Waals surface area (Å²) in [5.74, 6) is -1.62. The van der Waals surface area contributed by atoms with Crippen molar-refractivity contribution in [3.8, 4) is 6.07 Å². The molecule has 2 aliphatic heterocycles. The van der Waals surface area contributed by atoms with E-state index in [9.17, 15) is 19.6 Å². The van der Waals surface area contributed by atoms with Gasteiger partial charge >= 0.3 is 6.09 Å². The van der Waals surface area contributed by atoms with Gasteiger partial charge in [0.1, 0.15) is 12.6 Å². The molecule has 0 spiro atoms. The number of hydrogen-bond acceptors (Lipinski definition) is 5. The lowest BCUT2D eigenvalue weighted by Gasteiger charge is -2.31. The first kappa shape index (κ1) is 20.0. The fourth-order valence-electron chi connectivity index (χ4n) is 4.57. The van der Waals surface area contributed by atoms with Crippen molar-refractivity contribution in [3.63, 3.8) is 0 Å². The standard InChI is InChI=1S/C22H24N4O4/c23-12-17-9-5-11-25(17)20(27)18-10-4-8-16-13-26(21(28)19(16)18)24-22(29)30-14-15-6-2-1-3-7-15/h1-4,6-8,16-19H,5,9-11,13-14H2,(H,24,29)/t16-,17+,18+,19-/m1/s1. The predicted molar refractivity (Wildman–Crippen MR) is 106 cm³/mol. The molecule has 1 aromatic carbocycles. The molecular formula is C22H24N4O4. The molecule has 2 fully saturated rings. The molecule has 30 heavy (non-hydrogen) atoms. The van der Waals surface area contributed by atoms with Crippen LogP contribution in [-0.2, 0) is 20.9 Å². The maximum atomic E-state index is 13.1. The fourth-order valence-corrected chi connectivity index (χ4v) is 4.57. The zero-order valence-electron chi connectivity index (χ0n) is 16.6. The van der Waals surface area contributed by atoms with Gasteiger partial charge in [-0.25, -0.2) is 10.2 Å². The largest absolute Gasteiger partial charge is 0.443 e. The molecule has 3 amide bonds. The zero-order valence-corrected chi connectivity index (χ0v) is 16.6. The van der Waals surface area contributed by atoms with E-state index in [0.717, 1.165) is 12.0 Å². The lowest BCUT2D eigenvalue weighted by Crippen LogP contribution is -2.47. The maximum absolute atomic E-state index is 13.1. The van der Waals surface area contributed by atoms with Gasteiger partial charge in [-0.3, -0.25) is 14.6 Å². The average Bonchev–Trinajstić information content (AvgIpc) is 3.37. The SMILES string of the molecule is N#C[C@@H]1CCCN1C(=O)[C@H]1CC=C[C@@H]2CN(NC(=O)OCc3ccccc3)C(=O)[C@H]21. The van der Waals surface area contributed by atoms with Crippen molar-refractivity contribution < 1.29 is 19.1 Å². The molecule has 8 heteroatoms. The highest BCUT2D eigenvalue weighted by atomic mass is 16.6. The van der Waals surface area contributed by atoms with Crippen LogP contribution in [0.15, 0.2) is 42.5 Å². The second kappa shape index (κ2) is 8.57. The van der Waals surface area contributed by atoms with Gasteiger partial charge < -0.3 is 9.64 Å². The number of carbonyl (C=O) groups excluding carboxylic acids is 3. The number of benzene rings is 1. The van der Waals surface area contributed by atoms with E-state index in [1.165, 1.54) is 5.01 Å². The van der Waals surface area contributed by atoms with Crippen molar-refractivity contribution >= 4 is 17.9 Å². The van der Waals surface area contributed by atoms with Gasteiger partial charge in [-0.05, 0) is 24.8 Å². The van der Waals surface area contributed by atoms with E-state index in [1.54, 1.807) is 4.90 Å². The monoisotopic (exact) mass is 408 g/mol. The molecule has 4 rings (SSSR count). The number of nitrogens with one attached hydrogen (secondary N) is 1. The predicted octanol–water partition coefficient (Wildman–Crippen LogP) is 1.99. The first-order valence-electron chi connectivity index (χ1n) is 10.2. The Kier molecular flexibility index (Phi) is 5.70. The third kappa shape index (κ3) is 3.88. The van der Waals surface area contributed by atoms with Gasteiger partial charge in [0.2, 0.25) is 11.8 Å². The Morgan fingerprint density at radius 1 is 1.27 bits per heavy atom. The molecule has 0 bridgehead atoms. The Bertz CT molecular complexity index is 894. The molecular weight excluding hydrogens is 384 g/mol. The van der Waals surface area contributed by atoms with Crippen LogP contribution in [-0.4, -0.2) is 46.9 Å². The minimum absolute atomic E-state index is 0.104. The van der Waals surface area contributed by atoms with Crippen LogP contribution in [0.4, 0.5) is 4.79 Å². The smallest absolute Gasteiger partial charge is 0.426 e. The second-order valence-electron chi connectivity index (χ2n) is 7.90. The van der Waals surface area contributed by atoms with Crippen molar-refractivity contribution in [2.45, 2.75) is 31.9 Å². The number of nitriles is 1. The molecule has 0 unspecified atom stereocenters. The van der Waals surface area contributed by atoms with E-state index in [2.05, 4.69) is 11.5 Å². The summed E-state index contributed by atoms with van der Waals surface area (Å²) in [4.78, 5) is 39.9. The molecule has 2 saturated heterocycles.